The summed E-state index contributed by atoms with van der Waals surface area (Å²) in [7, 11) is 0. The van der Waals surface area contributed by atoms with Crippen molar-refractivity contribution in [2.75, 3.05) is 13.2 Å². The molecule has 106 valence electrons. The lowest BCUT2D eigenvalue weighted by Crippen LogP contribution is -2.29. The molecular weight excluding hydrogens is 261 g/mol. The fraction of sp³-hybridized carbons (Fsp3) is 0.429. The van der Waals surface area contributed by atoms with Crippen LogP contribution in [0.25, 0.3) is 0 Å². The zero-order chi connectivity index (χ0) is 14.4. The van der Waals surface area contributed by atoms with Crippen LogP contribution in [0.5, 0.6) is 5.75 Å². The standard InChI is InChI=1S/C14H16FN3O2/c15-11-5-10(8-18-12-1-2-12)6-13(7-11)20-9-14(19)17-4-3-16/h5-7,12,18H,1-2,4,8-9H2,(H,17,19). The van der Waals surface area contributed by atoms with Crippen LogP contribution in [0.2, 0.25) is 0 Å². The number of halogens is 1. The molecule has 2 N–H and O–H groups in total. The van der Waals surface area contributed by atoms with E-state index in [0.29, 0.717) is 18.3 Å². The number of hydrogen-bond donors (Lipinski definition) is 2. The van der Waals surface area contributed by atoms with Crippen LogP contribution in [0.3, 0.4) is 0 Å². The predicted molar refractivity (Wildman–Crippen MR) is 70.4 cm³/mol. The molecule has 0 aromatic heterocycles. The minimum Gasteiger partial charge on any atom is -0.484 e. The molecule has 1 aromatic carbocycles. The van der Waals surface area contributed by atoms with E-state index in [1.54, 1.807) is 12.1 Å². The smallest absolute Gasteiger partial charge is 0.258 e. The van der Waals surface area contributed by atoms with E-state index in [9.17, 15) is 9.18 Å². The quantitative estimate of drug-likeness (QED) is 0.732. The summed E-state index contributed by atoms with van der Waals surface area (Å²) in [4.78, 5) is 11.3. The molecule has 0 heterocycles. The van der Waals surface area contributed by atoms with Gasteiger partial charge in [-0.15, -0.1) is 0 Å². The third-order valence-electron chi connectivity index (χ3n) is 2.84. The molecule has 0 bridgehead atoms. The van der Waals surface area contributed by atoms with Gasteiger partial charge in [0.25, 0.3) is 5.91 Å². The Balaban J connectivity index is 1.86. The van der Waals surface area contributed by atoms with Crippen LogP contribution in [0, 0.1) is 17.1 Å². The summed E-state index contributed by atoms with van der Waals surface area (Å²) in [6, 6.07) is 6.71. The highest BCUT2D eigenvalue weighted by atomic mass is 19.1. The number of benzene rings is 1. The molecular formula is C14H16FN3O2. The molecule has 0 radical (unpaired) electrons. The highest BCUT2D eigenvalue weighted by molar-refractivity contribution is 5.77. The van der Waals surface area contributed by atoms with Gasteiger partial charge in [0.15, 0.2) is 6.61 Å². The normalized spacial score (nSPS) is 13.6. The average Bonchev–Trinajstić information content (AvgIpc) is 3.24. The topological polar surface area (TPSA) is 74.2 Å². The van der Waals surface area contributed by atoms with E-state index in [4.69, 9.17) is 10.00 Å². The summed E-state index contributed by atoms with van der Waals surface area (Å²) in [6.45, 7) is 0.280. The Morgan fingerprint density at radius 1 is 1.45 bits per heavy atom. The number of nitrogens with zero attached hydrogens (tertiary/aromatic N) is 1. The second-order valence-corrected chi connectivity index (χ2v) is 4.67. The van der Waals surface area contributed by atoms with Gasteiger partial charge in [-0.25, -0.2) is 4.39 Å². The van der Waals surface area contributed by atoms with E-state index < -0.39 is 11.7 Å². The lowest BCUT2D eigenvalue weighted by atomic mass is 10.2. The molecule has 0 atom stereocenters. The lowest BCUT2D eigenvalue weighted by molar-refractivity contribution is -0.122. The molecule has 20 heavy (non-hydrogen) atoms. The van der Waals surface area contributed by atoms with Crippen molar-refractivity contribution in [1.29, 1.82) is 5.26 Å². The van der Waals surface area contributed by atoms with Crippen molar-refractivity contribution >= 4 is 5.91 Å². The van der Waals surface area contributed by atoms with Crippen molar-refractivity contribution in [3.63, 3.8) is 0 Å². The van der Waals surface area contributed by atoms with Crippen LogP contribution in [0.15, 0.2) is 18.2 Å². The Morgan fingerprint density at radius 2 is 2.25 bits per heavy atom. The second kappa shape index (κ2) is 6.87. The predicted octanol–water partition coefficient (Wildman–Crippen LogP) is 1.10. The minimum absolute atomic E-state index is 0.0676. The van der Waals surface area contributed by atoms with Gasteiger partial charge in [-0.05, 0) is 30.5 Å². The maximum atomic E-state index is 13.4. The van der Waals surface area contributed by atoms with Crippen LogP contribution in [-0.4, -0.2) is 25.1 Å². The van der Waals surface area contributed by atoms with Gasteiger partial charge < -0.3 is 15.4 Å². The Morgan fingerprint density at radius 3 is 2.95 bits per heavy atom. The van der Waals surface area contributed by atoms with E-state index in [-0.39, 0.29) is 13.2 Å². The van der Waals surface area contributed by atoms with Crippen molar-refractivity contribution < 1.29 is 13.9 Å². The third kappa shape index (κ3) is 4.86. The summed E-state index contributed by atoms with van der Waals surface area (Å²) >= 11 is 0. The zero-order valence-electron chi connectivity index (χ0n) is 11.0. The van der Waals surface area contributed by atoms with E-state index in [1.165, 1.54) is 12.1 Å². The summed E-state index contributed by atoms with van der Waals surface area (Å²) in [5, 5.41) is 14.0. The average molecular weight is 277 g/mol. The Kier molecular flexibility index (Phi) is 4.91. The highest BCUT2D eigenvalue weighted by Gasteiger charge is 2.20. The first-order valence-electron chi connectivity index (χ1n) is 6.46. The van der Waals surface area contributed by atoms with Gasteiger partial charge in [0, 0.05) is 18.7 Å². The lowest BCUT2D eigenvalue weighted by Gasteiger charge is -2.09. The molecule has 1 aliphatic rings. The van der Waals surface area contributed by atoms with Crippen LogP contribution in [0.1, 0.15) is 18.4 Å². The van der Waals surface area contributed by atoms with Gasteiger partial charge in [0.05, 0.1) is 6.07 Å². The van der Waals surface area contributed by atoms with E-state index in [2.05, 4.69) is 10.6 Å². The fourth-order valence-electron chi connectivity index (χ4n) is 1.69. The van der Waals surface area contributed by atoms with E-state index >= 15 is 0 Å². The van der Waals surface area contributed by atoms with Gasteiger partial charge >= 0.3 is 0 Å². The first-order valence-corrected chi connectivity index (χ1v) is 6.46. The Labute approximate surface area is 116 Å². The molecule has 0 aliphatic heterocycles. The molecule has 5 nitrogen and oxygen atoms in total. The fourth-order valence-corrected chi connectivity index (χ4v) is 1.69. The van der Waals surface area contributed by atoms with Gasteiger partial charge in [0.2, 0.25) is 0 Å². The molecule has 1 aliphatic carbocycles. The van der Waals surface area contributed by atoms with Crippen molar-refractivity contribution in [2.24, 2.45) is 0 Å². The second-order valence-electron chi connectivity index (χ2n) is 4.67. The van der Waals surface area contributed by atoms with Crippen molar-refractivity contribution in [3.05, 3.63) is 29.6 Å². The summed E-state index contributed by atoms with van der Waals surface area (Å²) in [5.41, 5.74) is 0.782. The number of amides is 1. The highest BCUT2D eigenvalue weighted by Crippen LogP contribution is 2.21. The third-order valence-corrected chi connectivity index (χ3v) is 2.84. The van der Waals surface area contributed by atoms with Crippen LogP contribution in [0.4, 0.5) is 4.39 Å². The van der Waals surface area contributed by atoms with Crippen LogP contribution >= 0.6 is 0 Å². The van der Waals surface area contributed by atoms with Gasteiger partial charge in [-0.3, -0.25) is 4.79 Å². The molecule has 0 unspecified atom stereocenters. The SMILES string of the molecule is N#CCNC(=O)COc1cc(F)cc(CNC2CC2)c1. The number of carbonyl (C=O) groups is 1. The zero-order valence-corrected chi connectivity index (χ0v) is 11.0. The maximum absolute atomic E-state index is 13.4. The minimum atomic E-state index is -0.409. The first-order chi connectivity index (χ1) is 9.67. The summed E-state index contributed by atoms with van der Waals surface area (Å²) in [6.07, 6.45) is 2.33. The molecule has 2 rings (SSSR count). The number of carbonyl (C=O) groups excluding carboxylic acids is 1. The number of hydrogen-bond acceptors (Lipinski definition) is 4. The molecule has 6 heteroatoms. The van der Waals surface area contributed by atoms with E-state index in [1.807, 2.05) is 0 Å². The number of ether oxygens (including phenoxy) is 1. The number of nitriles is 1. The summed E-state index contributed by atoms with van der Waals surface area (Å²) < 4.78 is 18.7. The van der Waals surface area contributed by atoms with Crippen molar-refractivity contribution in [3.8, 4) is 11.8 Å². The Bertz CT molecular complexity index is 524. The monoisotopic (exact) mass is 277 g/mol. The van der Waals surface area contributed by atoms with Crippen molar-refractivity contribution in [1.82, 2.24) is 10.6 Å². The first kappa shape index (κ1) is 14.3. The van der Waals surface area contributed by atoms with Gasteiger partial charge in [-0.1, -0.05) is 0 Å². The van der Waals surface area contributed by atoms with Crippen LogP contribution in [-0.2, 0) is 11.3 Å². The number of rotatable bonds is 7. The van der Waals surface area contributed by atoms with Crippen molar-refractivity contribution in [2.45, 2.75) is 25.4 Å². The van der Waals surface area contributed by atoms with E-state index in [0.717, 1.165) is 18.4 Å². The molecule has 1 fully saturated rings. The van der Waals surface area contributed by atoms with Gasteiger partial charge in [-0.2, -0.15) is 5.26 Å². The van der Waals surface area contributed by atoms with Gasteiger partial charge in [0.1, 0.15) is 18.1 Å². The maximum Gasteiger partial charge on any atom is 0.258 e. The summed E-state index contributed by atoms with van der Waals surface area (Å²) in [5.74, 6) is -0.495. The Hall–Kier alpha value is -2.13. The molecule has 1 saturated carbocycles. The largest absolute Gasteiger partial charge is 0.484 e. The molecule has 0 saturated heterocycles. The number of nitrogens with one attached hydrogen (secondary N) is 2. The molecule has 0 spiro atoms. The molecule has 1 aromatic rings. The van der Waals surface area contributed by atoms with Crippen LogP contribution < -0.4 is 15.4 Å². The molecule has 1 amide bonds.